The molecule has 3 unspecified atom stereocenters. The SMILES string of the molecule is O=S(c1c(F)cccc1F)N1C2CCC1CNC2. The van der Waals surface area contributed by atoms with E-state index >= 15 is 0 Å². The van der Waals surface area contributed by atoms with Gasteiger partial charge in [-0.15, -0.1) is 0 Å². The number of nitrogens with zero attached hydrogens (tertiary/aromatic N) is 1. The number of fused-ring (bicyclic) bond motifs is 2. The predicted octanol–water partition coefficient (Wildman–Crippen LogP) is 1.42. The molecule has 2 saturated heterocycles. The van der Waals surface area contributed by atoms with E-state index in [1.165, 1.54) is 6.07 Å². The number of hydrogen-bond donors (Lipinski definition) is 1. The maximum Gasteiger partial charge on any atom is 0.143 e. The Morgan fingerprint density at radius 2 is 1.72 bits per heavy atom. The summed E-state index contributed by atoms with van der Waals surface area (Å²) in [6, 6.07) is 3.82. The van der Waals surface area contributed by atoms with E-state index in [2.05, 4.69) is 5.32 Å². The summed E-state index contributed by atoms with van der Waals surface area (Å²) in [4.78, 5) is -0.309. The molecule has 0 saturated carbocycles. The monoisotopic (exact) mass is 272 g/mol. The number of nitrogens with one attached hydrogen (secondary N) is 1. The molecule has 1 aromatic carbocycles. The molecule has 2 fully saturated rings. The first-order valence-electron chi connectivity index (χ1n) is 6.03. The molecule has 98 valence electrons. The van der Waals surface area contributed by atoms with Gasteiger partial charge in [0, 0.05) is 25.2 Å². The van der Waals surface area contributed by atoms with Crippen LogP contribution in [-0.2, 0) is 11.0 Å². The molecule has 3 nitrogen and oxygen atoms in total. The maximum absolute atomic E-state index is 13.7. The fourth-order valence-corrected chi connectivity index (χ4v) is 4.35. The van der Waals surface area contributed by atoms with Crippen LogP contribution < -0.4 is 5.32 Å². The second kappa shape index (κ2) is 4.68. The van der Waals surface area contributed by atoms with Crippen molar-refractivity contribution in [1.82, 2.24) is 9.62 Å². The van der Waals surface area contributed by atoms with E-state index < -0.39 is 22.6 Å². The van der Waals surface area contributed by atoms with Gasteiger partial charge in [-0.05, 0) is 25.0 Å². The summed E-state index contributed by atoms with van der Waals surface area (Å²) in [5, 5.41) is 3.25. The normalized spacial score (nSPS) is 29.4. The molecule has 1 N–H and O–H groups in total. The third kappa shape index (κ3) is 1.88. The van der Waals surface area contributed by atoms with Gasteiger partial charge in [0.1, 0.15) is 27.5 Å². The van der Waals surface area contributed by atoms with E-state index in [0.717, 1.165) is 38.1 Å². The fourth-order valence-electron chi connectivity index (χ4n) is 2.76. The molecule has 0 spiro atoms. The van der Waals surface area contributed by atoms with Gasteiger partial charge in [0.15, 0.2) is 0 Å². The second-order valence-corrected chi connectivity index (χ2v) is 6.03. The van der Waals surface area contributed by atoms with Gasteiger partial charge in [-0.25, -0.2) is 17.3 Å². The van der Waals surface area contributed by atoms with Crippen molar-refractivity contribution in [1.29, 1.82) is 0 Å². The second-order valence-electron chi connectivity index (χ2n) is 4.70. The zero-order valence-corrected chi connectivity index (χ0v) is 10.6. The minimum Gasteiger partial charge on any atom is -0.314 e. The Morgan fingerprint density at radius 1 is 1.17 bits per heavy atom. The van der Waals surface area contributed by atoms with Crippen LogP contribution in [0.15, 0.2) is 23.1 Å². The smallest absolute Gasteiger partial charge is 0.143 e. The lowest BCUT2D eigenvalue weighted by molar-refractivity contribution is 0.275. The van der Waals surface area contributed by atoms with E-state index in [9.17, 15) is 13.0 Å². The van der Waals surface area contributed by atoms with Crippen LogP contribution >= 0.6 is 0 Å². The average molecular weight is 272 g/mol. The first-order valence-corrected chi connectivity index (χ1v) is 7.14. The molecular formula is C12H14F2N2OS. The van der Waals surface area contributed by atoms with Gasteiger partial charge in [-0.1, -0.05) is 6.07 Å². The Bertz CT molecular complexity index is 461. The minimum atomic E-state index is -1.75. The van der Waals surface area contributed by atoms with Gasteiger partial charge in [-0.2, -0.15) is 0 Å². The molecule has 2 heterocycles. The maximum atomic E-state index is 13.7. The Hall–Kier alpha value is -0.850. The molecule has 6 heteroatoms. The Morgan fingerprint density at radius 3 is 2.28 bits per heavy atom. The highest BCUT2D eigenvalue weighted by molar-refractivity contribution is 7.82. The fraction of sp³-hybridized carbons (Fsp3) is 0.500. The van der Waals surface area contributed by atoms with E-state index in [0.29, 0.717) is 0 Å². The lowest BCUT2D eigenvalue weighted by Gasteiger charge is -2.33. The predicted molar refractivity (Wildman–Crippen MR) is 64.3 cm³/mol. The van der Waals surface area contributed by atoms with Gasteiger partial charge in [0.25, 0.3) is 0 Å². The first-order chi connectivity index (χ1) is 8.68. The van der Waals surface area contributed by atoms with E-state index in [1.807, 2.05) is 0 Å². The molecule has 0 amide bonds. The third-order valence-electron chi connectivity index (χ3n) is 3.60. The standard InChI is InChI=1S/C12H14F2N2OS/c13-10-2-1-3-11(14)12(10)18(17)16-8-4-5-9(16)7-15-6-8/h1-3,8-9,15H,4-7H2. The zero-order chi connectivity index (χ0) is 12.7. The van der Waals surface area contributed by atoms with Crippen LogP contribution in [0.4, 0.5) is 8.78 Å². The van der Waals surface area contributed by atoms with Crippen LogP contribution in [-0.4, -0.2) is 33.7 Å². The minimum absolute atomic E-state index is 0.114. The van der Waals surface area contributed by atoms with Crippen molar-refractivity contribution in [2.75, 3.05) is 13.1 Å². The van der Waals surface area contributed by atoms with Gasteiger partial charge in [0.05, 0.1) is 0 Å². The lowest BCUT2D eigenvalue weighted by atomic mass is 10.2. The van der Waals surface area contributed by atoms with E-state index in [4.69, 9.17) is 0 Å². The number of piperazine rings is 1. The largest absolute Gasteiger partial charge is 0.314 e. The van der Waals surface area contributed by atoms with E-state index in [-0.39, 0.29) is 17.0 Å². The van der Waals surface area contributed by atoms with Gasteiger partial charge in [0.2, 0.25) is 0 Å². The van der Waals surface area contributed by atoms with Crippen molar-refractivity contribution in [3.05, 3.63) is 29.8 Å². The Kier molecular flexibility index (Phi) is 3.17. The molecule has 2 aliphatic heterocycles. The number of hydrogen-bond acceptors (Lipinski definition) is 2. The van der Waals surface area contributed by atoms with Crippen molar-refractivity contribution in [2.45, 2.75) is 29.8 Å². The van der Waals surface area contributed by atoms with Crippen molar-refractivity contribution in [3.63, 3.8) is 0 Å². The molecular weight excluding hydrogens is 258 g/mol. The highest BCUT2D eigenvalue weighted by atomic mass is 32.2. The third-order valence-corrected chi connectivity index (χ3v) is 5.32. The molecule has 3 atom stereocenters. The topological polar surface area (TPSA) is 32.3 Å². The van der Waals surface area contributed by atoms with Gasteiger partial charge >= 0.3 is 0 Å². The van der Waals surface area contributed by atoms with E-state index in [1.54, 1.807) is 4.31 Å². The molecule has 0 aromatic heterocycles. The molecule has 3 rings (SSSR count). The quantitative estimate of drug-likeness (QED) is 0.883. The Labute approximate surface area is 107 Å². The highest BCUT2D eigenvalue weighted by Crippen LogP contribution is 2.32. The summed E-state index contributed by atoms with van der Waals surface area (Å²) in [7, 11) is -1.75. The molecule has 0 radical (unpaired) electrons. The molecule has 18 heavy (non-hydrogen) atoms. The van der Waals surface area contributed by atoms with Gasteiger partial charge < -0.3 is 5.32 Å². The van der Waals surface area contributed by atoms with Crippen LogP contribution in [0.25, 0.3) is 0 Å². The van der Waals surface area contributed by atoms with Gasteiger partial charge in [-0.3, -0.25) is 0 Å². The first kappa shape index (κ1) is 12.2. The molecule has 2 bridgehead atoms. The number of halogens is 2. The highest BCUT2D eigenvalue weighted by Gasteiger charge is 2.41. The lowest BCUT2D eigenvalue weighted by Crippen LogP contribution is -2.52. The van der Waals surface area contributed by atoms with Crippen LogP contribution in [0.5, 0.6) is 0 Å². The summed E-state index contributed by atoms with van der Waals surface area (Å²) in [5.74, 6) is -1.46. The molecule has 0 aliphatic carbocycles. The summed E-state index contributed by atoms with van der Waals surface area (Å²) < 4.78 is 41.5. The molecule has 2 aliphatic rings. The average Bonchev–Trinajstić information content (AvgIpc) is 2.59. The zero-order valence-electron chi connectivity index (χ0n) is 9.73. The summed E-state index contributed by atoms with van der Waals surface area (Å²) >= 11 is 0. The van der Waals surface area contributed by atoms with Crippen LogP contribution in [0.1, 0.15) is 12.8 Å². The van der Waals surface area contributed by atoms with Crippen molar-refractivity contribution < 1.29 is 13.0 Å². The Balaban J connectivity index is 1.95. The van der Waals surface area contributed by atoms with Crippen LogP contribution in [0, 0.1) is 11.6 Å². The number of rotatable bonds is 2. The van der Waals surface area contributed by atoms with Crippen molar-refractivity contribution >= 4 is 11.0 Å². The summed E-state index contributed by atoms with van der Waals surface area (Å²) in [6.45, 7) is 1.47. The van der Waals surface area contributed by atoms with Crippen LogP contribution in [0.3, 0.4) is 0 Å². The number of benzene rings is 1. The summed E-state index contributed by atoms with van der Waals surface area (Å²) in [6.07, 6.45) is 1.86. The van der Waals surface area contributed by atoms with Crippen LogP contribution in [0.2, 0.25) is 0 Å². The summed E-state index contributed by atoms with van der Waals surface area (Å²) in [5.41, 5.74) is 0. The van der Waals surface area contributed by atoms with Crippen molar-refractivity contribution in [3.8, 4) is 0 Å². The molecule has 1 aromatic rings. The van der Waals surface area contributed by atoms with Crippen molar-refractivity contribution in [2.24, 2.45) is 0 Å².